The van der Waals surface area contributed by atoms with E-state index >= 15 is 0 Å². The molecule has 0 bridgehead atoms. The standard InChI is InChI=1S/C27H49P2.Pd/c1-2-27(28(23-15-7-3-8-16-23)24-17-9-4-10-18-24)29(25-19-11-5-12-20-25)26-21-13-6-14-22-26;/h23-27H,1-22H2;. The first-order chi connectivity index (χ1) is 14.9. The Bertz CT molecular complexity index is 383. The third kappa shape index (κ3) is 6.56. The van der Waals surface area contributed by atoms with E-state index in [-0.39, 0.29) is 15.8 Å². The van der Waals surface area contributed by atoms with E-state index in [0.717, 1.165) is 22.6 Å². The zero-order valence-electron chi connectivity index (χ0n) is 19.7. The molecule has 3 heteroatoms. The molecule has 4 aliphatic rings. The first kappa shape index (κ1) is 24.6. The second kappa shape index (κ2) is 13.4. The molecule has 0 atom stereocenters. The summed E-state index contributed by atoms with van der Waals surface area (Å²) in [7, 11) is 0.499. The van der Waals surface area contributed by atoms with Gasteiger partial charge in [-0.2, -0.15) is 0 Å². The Balaban J connectivity index is 1.63. The summed E-state index contributed by atoms with van der Waals surface area (Å²) in [6.07, 6.45) is 33.1. The van der Waals surface area contributed by atoms with Crippen molar-refractivity contribution in [3.63, 3.8) is 0 Å². The molecule has 177 valence electrons. The van der Waals surface area contributed by atoms with Crippen molar-refractivity contribution in [3.8, 4) is 0 Å². The fraction of sp³-hybridized carbons (Fsp3) is 1.00. The summed E-state index contributed by atoms with van der Waals surface area (Å²) in [6, 6.07) is 0. The van der Waals surface area contributed by atoms with E-state index in [1.807, 2.05) is 0 Å². The molecule has 30 heavy (non-hydrogen) atoms. The average molecular weight is 542 g/mol. The van der Waals surface area contributed by atoms with Crippen molar-refractivity contribution in [1.82, 2.24) is 0 Å². The summed E-state index contributed by atoms with van der Waals surface area (Å²) in [5.41, 5.74) is 4.62. The predicted molar refractivity (Wildman–Crippen MR) is 135 cm³/mol. The van der Waals surface area contributed by atoms with E-state index in [9.17, 15) is 0 Å². The van der Waals surface area contributed by atoms with Crippen molar-refractivity contribution in [2.24, 2.45) is 0 Å². The molecular weight excluding hydrogens is 493 g/mol. The van der Waals surface area contributed by atoms with Gasteiger partial charge in [-0.3, -0.25) is 0 Å². The molecule has 4 aliphatic carbocycles. The first-order valence-corrected chi connectivity index (χ1v) is 18.1. The second-order valence-corrected chi connectivity index (χ2v) is 18.1. The monoisotopic (exact) mass is 541 g/mol. The Hall–Kier alpha value is 1.52. The van der Waals surface area contributed by atoms with Gasteiger partial charge in [0.15, 0.2) is 0 Å². The molecule has 0 N–H and O–H groups in total. The van der Waals surface area contributed by atoms with Crippen LogP contribution < -0.4 is 0 Å². The normalized spacial score (nSPS) is 26.8. The average Bonchev–Trinajstić information content (AvgIpc) is 2.82. The van der Waals surface area contributed by atoms with Crippen molar-refractivity contribution in [2.45, 2.75) is 168 Å². The molecule has 4 saturated carbocycles. The van der Waals surface area contributed by atoms with E-state index < -0.39 is 0 Å². The molecule has 0 aromatic carbocycles. The van der Waals surface area contributed by atoms with Crippen molar-refractivity contribution in [3.05, 3.63) is 0 Å². The van der Waals surface area contributed by atoms with E-state index in [1.165, 1.54) is 36.0 Å². The summed E-state index contributed by atoms with van der Waals surface area (Å²) in [5.74, 6) is 0. The van der Waals surface area contributed by atoms with Gasteiger partial charge >= 0.3 is 203 Å². The molecule has 0 radical (unpaired) electrons. The molecule has 0 amide bonds. The minimum atomic E-state index is 0.250. The molecule has 0 aromatic rings. The minimum absolute atomic E-state index is 0.250. The molecule has 0 spiro atoms. The van der Waals surface area contributed by atoms with E-state index in [0.29, 0.717) is 0 Å². The summed E-state index contributed by atoms with van der Waals surface area (Å²) >= 11 is 3.71. The Labute approximate surface area is 202 Å². The first-order valence-electron chi connectivity index (χ1n) is 13.9. The van der Waals surface area contributed by atoms with Crippen LogP contribution in [0.15, 0.2) is 0 Å². The van der Waals surface area contributed by atoms with Crippen LogP contribution in [0.1, 0.15) is 135 Å². The summed E-state index contributed by atoms with van der Waals surface area (Å²) in [5, 5.41) is 1.17. The van der Waals surface area contributed by atoms with Gasteiger partial charge in [0.2, 0.25) is 0 Å². The Morgan fingerprint density at radius 3 is 0.967 bits per heavy atom. The van der Waals surface area contributed by atoms with Gasteiger partial charge in [-0.15, -0.1) is 0 Å². The van der Waals surface area contributed by atoms with Gasteiger partial charge in [0, 0.05) is 0 Å². The van der Waals surface area contributed by atoms with Gasteiger partial charge in [-0.25, -0.2) is 0 Å². The molecule has 0 aromatic heterocycles. The van der Waals surface area contributed by atoms with Crippen LogP contribution in [0.25, 0.3) is 0 Å². The fourth-order valence-electron chi connectivity index (χ4n) is 7.62. The summed E-state index contributed by atoms with van der Waals surface area (Å²) in [4.78, 5) is 1.32. The maximum absolute atomic E-state index is 3.71. The van der Waals surface area contributed by atoms with Crippen molar-refractivity contribution >= 4 is 15.8 Å². The van der Waals surface area contributed by atoms with Crippen LogP contribution in [0.5, 0.6) is 0 Å². The van der Waals surface area contributed by atoms with Crippen molar-refractivity contribution < 1.29 is 19.2 Å². The Morgan fingerprint density at radius 1 is 0.467 bits per heavy atom. The summed E-state index contributed by atoms with van der Waals surface area (Å²) < 4.78 is 0. The Morgan fingerprint density at radius 2 is 0.733 bits per heavy atom. The van der Waals surface area contributed by atoms with Crippen LogP contribution in [0, 0.1) is 0 Å². The zero-order chi connectivity index (χ0) is 20.6. The molecule has 0 nitrogen and oxygen atoms in total. The molecular formula is C27H49P2Pd. The molecule has 0 unspecified atom stereocenters. The summed E-state index contributed by atoms with van der Waals surface area (Å²) in [6.45, 7) is 0. The zero-order valence-corrected chi connectivity index (χ0v) is 23.0. The molecule has 0 heterocycles. The van der Waals surface area contributed by atoms with Crippen LogP contribution in [0.4, 0.5) is 0 Å². The molecule has 4 fully saturated rings. The van der Waals surface area contributed by atoms with Gasteiger partial charge in [-0.1, -0.05) is 0 Å². The number of rotatable bonds is 8. The third-order valence-corrected chi connectivity index (χ3v) is 18.4. The SMILES string of the molecule is [Pd][CH2]CC(P(C1CCCCC1)C1CCCCC1)P(C1CCCCC1)C1CCCCC1. The molecule has 0 aliphatic heterocycles. The molecule has 0 saturated heterocycles. The van der Waals surface area contributed by atoms with Gasteiger partial charge in [0.05, 0.1) is 0 Å². The maximum atomic E-state index is 3.71. The van der Waals surface area contributed by atoms with Crippen LogP contribution >= 0.6 is 15.8 Å². The van der Waals surface area contributed by atoms with Crippen molar-refractivity contribution in [1.29, 1.82) is 0 Å². The van der Waals surface area contributed by atoms with E-state index in [1.54, 1.807) is 109 Å². The van der Waals surface area contributed by atoms with Crippen LogP contribution in [0.3, 0.4) is 0 Å². The number of hydrogen-bond donors (Lipinski definition) is 0. The van der Waals surface area contributed by atoms with Gasteiger partial charge < -0.3 is 0 Å². The van der Waals surface area contributed by atoms with Gasteiger partial charge in [0.25, 0.3) is 0 Å². The molecule has 4 rings (SSSR count). The van der Waals surface area contributed by atoms with E-state index in [4.69, 9.17) is 0 Å². The quantitative estimate of drug-likeness (QED) is 0.212. The topological polar surface area (TPSA) is 0 Å². The van der Waals surface area contributed by atoms with Crippen LogP contribution in [-0.4, -0.2) is 28.0 Å². The Kier molecular flexibility index (Phi) is 11.0. The van der Waals surface area contributed by atoms with Gasteiger partial charge in [0.1, 0.15) is 0 Å². The predicted octanol–water partition coefficient (Wildman–Crippen LogP) is 9.96. The van der Waals surface area contributed by atoms with Gasteiger partial charge in [-0.05, 0) is 0 Å². The van der Waals surface area contributed by atoms with Crippen molar-refractivity contribution in [2.75, 3.05) is 0 Å². The van der Waals surface area contributed by atoms with Crippen LogP contribution in [0.2, 0.25) is 4.89 Å². The van der Waals surface area contributed by atoms with Crippen LogP contribution in [-0.2, 0) is 19.2 Å². The second-order valence-electron chi connectivity index (χ2n) is 11.0. The van der Waals surface area contributed by atoms with E-state index in [2.05, 4.69) is 19.2 Å². The third-order valence-electron chi connectivity index (χ3n) is 9.02. The number of hydrogen-bond acceptors (Lipinski definition) is 0. The fourth-order valence-corrected chi connectivity index (χ4v) is 20.1.